The fraction of sp³-hybridized carbons (Fsp3) is 0.0556. The molecular weight excluding hydrogens is 381 g/mol. The summed E-state index contributed by atoms with van der Waals surface area (Å²) in [7, 11) is -4.10. The summed E-state index contributed by atoms with van der Waals surface area (Å²) < 4.78 is 30.6. The van der Waals surface area contributed by atoms with Gasteiger partial charge in [0.25, 0.3) is 0 Å². The van der Waals surface area contributed by atoms with Crippen LogP contribution in [0.25, 0.3) is 6.08 Å². The number of rotatable bonds is 5. The Morgan fingerprint density at radius 1 is 1.20 bits per heavy atom. The van der Waals surface area contributed by atoms with Crippen LogP contribution < -0.4 is 4.74 Å². The highest BCUT2D eigenvalue weighted by molar-refractivity contribution is 7.95. The Morgan fingerprint density at radius 3 is 2.48 bits per heavy atom. The predicted octanol–water partition coefficient (Wildman–Crippen LogP) is 4.34. The highest BCUT2D eigenvalue weighted by Gasteiger charge is 2.24. The molecule has 0 aromatic heterocycles. The Kier molecular flexibility index (Phi) is 6.12. The number of halogens is 2. The zero-order valence-electron chi connectivity index (χ0n) is 12.7. The minimum Gasteiger partial charge on any atom is -0.481 e. The van der Waals surface area contributed by atoms with Gasteiger partial charge in [-0.15, -0.1) is 6.42 Å². The summed E-state index contributed by atoms with van der Waals surface area (Å²) in [5.41, 5.74) is 0.506. The molecule has 0 aliphatic heterocycles. The summed E-state index contributed by atoms with van der Waals surface area (Å²) in [6.45, 7) is 0.125. The van der Waals surface area contributed by atoms with Crippen LogP contribution in [0.15, 0.2) is 52.3 Å². The van der Waals surface area contributed by atoms with E-state index in [1.54, 1.807) is 30.3 Å². The smallest absolute Gasteiger partial charge is 0.218 e. The second-order valence-electron chi connectivity index (χ2n) is 4.76. The Morgan fingerprint density at radius 2 is 1.88 bits per heavy atom. The number of allylic oxidation sites excluding steroid dienone is 1. The van der Waals surface area contributed by atoms with Crippen LogP contribution >= 0.6 is 23.2 Å². The molecule has 0 heterocycles. The fourth-order valence-corrected chi connectivity index (χ4v) is 3.82. The lowest BCUT2D eigenvalue weighted by atomic mass is 10.2. The van der Waals surface area contributed by atoms with Gasteiger partial charge in [0.2, 0.25) is 9.84 Å². The molecule has 25 heavy (non-hydrogen) atoms. The summed E-state index contributed by atoms with van der Waals surface area (Å²) in [6, 6.07) is 12.2. The van der Waals surface area contributed by atoms with Crippen molar-refractivity contribution < 1.29 is 13.2 Å². The lowest BCUT2D eigenvalue weighted by molar-refractivity contribution is 0.370. The summed E-state index contributed by atoms with van der Waals surface area (Å²) in [5.74, 6) is 2.88. The maximum atomic E-state index is 12.7. The van der Waals surface area contributed by atoms with E-state index in [2.05, 4.69) is 5.92 Å². The van der Waals surface area contributed by atoms with Gasteiger partial charge in [0.1, 0.15) is 23.3 Å². The van der Waals surface area contributed by atoms with Crippen molar-refractivity contribution in [2.75, 3.05) is 6.61 Å². The summed E-state index contributed by atoms with van der Waals surface area (Å²) in [6.07, 6.45) is 6.36. The number of benzene rings is 2. The first kappa shape index (κ1) is 18.9. The molecule has 2 aromatic carbocycles. The summed E-state index contributed by atoms with van der Waals surface area (Å²) >= 11 is 11.8. The molecule has 0 radical (unpaired) electrons. The molecule has 4 nitrogen and oxygen atoms in total. The highest BCUT2D eigenvalue weighted by Crippen LogP contribution is 2.30. The van der Waals surface area contributed by atoms with Gasteiger partial charge in [-0.2, -0.15) is 5.26 Å². The molecule has 0 atom stereocenters. The Bertz CT molecular complexity index is 998. The van der Waals surface area contributed by atoms with Crippen LogP contribution in [0.2, 0.25) is 10.0 Å². The molecule has 0 amide bonds. The first-order chi connectivity index (χ1) is 11.9. The van der Waals surface area contributed by atoms with E-state index in [1.807, 2.05) is 0 Å². The van der Waals surface area contributed by atoms with Crippen LogP contribution in [0.1, 0.15) is 5.56 Å². The van der Waals surface area contributed by atoms with Gasteiger partial charge in [-0.05, 0) is 42.0 Å². The lowest BCUT2D eigenvalue weighted by Crippen LogP contribution is -2.04. The van der Waals surface area contributed by atoms with Crippen LogP contribution in [0, 0.1) is 23.7 Å². The average Bonchev–Trinajstić information content (AvgIpc) is 2.60. The fourth-order valence-electron chi connectivity index (χ4n) is 1.91. The van der Waals surface area contributed by atoms with E-state index >= 15 is 0 Å². The van der Waals surface area contributed by atoms with Gasteiger partial charge in [-0.1, -0.05) is 41.3 Å². The molecule has 0 spiro atoms. The maximum Gasteiger partial charge on any atom is 0.218 e. The van der Waals surface area contributed by atoms with Gasteiger partial charge in [-0.25, -0.2) is 8.42 Å². The van der Waals surface area contributed by atoms with E-state index in [0.29, 0.717) is 11.3 Å². The van der Waals surface area contributed by atoms with Crippen molar-refractivity contribution in [2.24, 2.45) is 0 Å². The van der Waals surface area contributed by atoms with Gasteiger partial charge in [0.05, 0.1) is 9.92 Å². The SMILES string of the molecule is C#CCOc1ccc(C=C(C#N)S(=O)(=O)c2cc(Cl)ccc2Cl)cc1. The highest BCUT2D eigenvalue weighted by atomic mass is 35.5. The topological polar surface area (TPSA) is 67.2 Å². The number of nitrogens with zero attached hydrogens (tertiary/aromatic N) is 1. The molecule has 0 unspecified atom stereocenters. The number of sulfone groups is 1. The van der Waals surface area contributed by atoms with Gasteiger partial charge in [-0.3, -0.25) is 0 Å². The minimum absolute atomic E-state index is 0.0106. The third kappa shape index (κ3) is 4.55. The van der Waals surface area contributed by atoms with E-state index in [9.17, 15) is 13.7 Å². The first-order valence-corrected chi connectivity index (χ1v) is 9.10. The monoisotopic (exact) mass is 391 g/mol. The largest absolute Gasteiger partial charge is 0.481 e. The molecule has 0 N–H and O–H groups in total. The Hall–Kier alpha value is -2.44. The molecular formula is C18H11Cl2NO3S. The molecule has 0 saturated heterocycles. The minimum atomic E-state index is -4.10. The zero-order valence-corrected chi connectivity index (χ0v) is 15.1. The zero-order chi connectivity index (χ0) is 18.4. The summed E-state index contributed by atoms with van der Waals surface area (Å²) in [4.78, 5) is -0.669. The molecule has 126 valence electrons. The second-order valence-corrected chi connectivity index (χ2v) is 7.49. The predicted molar refractivity (Wildman–Crippen MR) is 98.0 cm³/mol. The van der Waals surface area contributed by atoms with E-state index in [0.717, 1.165) is 0 Å². The van der Waals surface area contributed by atoms with E-state index in [4.69, 9.17) is 34.4 Å². The van der Waals surface area contributed by atoms with Crippen LogP contribution in [-0.2, 0) is 9.84 Å². The Labute approximate surface area is 156 Å². The molecule has 0 fully saturated rings. The van der Waals surface area contributed by atoms with Gasteiger partial charge in [0, 0.05) is 5.02 Å². The van der Waals surface area contributed by atoms with Crippen LogP contribution in [-0.4, -0.2) is 15.0 Å². The third-order valence-electron chi connectivity index (χ3n) is 3.08. The van der Waals surface area contributed by atoms with Crippen molar-refractivity contribution in [3.8, 4) is 24.2 Å². The molecule has 2 aromatic rings. The third-order valence-corrected chi connectivity index (χ3v) is 5.46. The number of hydrogen-bond donors (Lipinski definition) is 0. The van der Waals surface area contributed by atoms with Gasteiger partial charge < -0.3 is 4.74 Å². The van der Waals surface area contributed by atoms with Crippen LogP contribution in [0.3, 0.4) is 0 Å². The number of terminal acetylenes is 1. The molecule has 7 heteroatoms. The molecule has 0 aliphatic carbocycles. The van der Waals surface area contributed by atoms with Crippen molar-refractivity contribution in [1.82, 2.24) is 0 Å². The first-order valence-electron chi connectivity index (χ1n) is 6.86. The Balaban J connectivity index is 2.41. The standard InChI is InChI=1S/C18H11Cl2NO3S/c1-2-9-24-15-6-3-13(4-7-15)10-16(12-21)25(22,23)18-11-14(19)5-8-17(18)20/h1,3-8,10-11H,9H2. The van der Waals surface area contributed by atoms with E-state index in [-0.39, 0.29) is 21.5 Å². The molecule has 2 rings (SSSR count). The normalized spacial score (nSPS) is 11.4. The van der Waals surface area contributed by atoms with E-state index < -0.39 is 14.7 Å². The molecule has 0 aliphatic rings. The quantitative estimate of drug-likeness (QED) is 0.561. The maximum absolute atomic E-state index is 12.7. The van der Waals surface area contributed by atoms with Gasteiger partial charge >= 0.3 is 0 Å². The number of hydrogen-bond acceptors (Lipinski definition) is 4. The van der Waals surface area contributed by atoms with Crippen LogP contribution in [0.4, 0.5) is 0 Å². The van der Waals surface area contributed by atoms with Crippen molar-refractivity contribution in [2.45, 2.75) is 4.90 Å². The number of ether oxygens (including phenoxy) is 1. The van der Waals surface area contributed by atoms with Crippen molar-refractivity contribution in [3.05, 3.63) is 63.0 Å². The molecule has 0 bridgehead atoms. The lowest BCUT2D eigenvalue weighted by Gasteiger charge is -2.06. The van der Waals surface area contributed by atoms with E-state index in [1.165, 1.54) is 24.3 Å². The van der Waals surface area contributed by atoms with Gasteiger partial charge in [0.15, 0.2) is 0 Å². The molecule has 0 saturated carbocycles. The van der Waals surface area contributed by atoms with Crippen molar-refractivity contribution in [3.63, 3.8) is 0 Å². The number of nitriles is 1. The average molecular weight is 392 g/mol. The summed E-state index contributed by atoms with van der Waals surface area (Å²) in [5, 5.41) is 9.49. The van der Waals surface area contributed by atoms with Crippen molar-refractivity contribution in [1.29, 1.82) is 5.26 Å². The van der Waals surface area contributed by atoms with Crippen LogP contribution in [0.5, 0.6) is 5.75 Å². The second kappa shape index (κ2) is 8.09. The van der Waals surface area contributed by atoms with Crippen molar-refractivity contribution >= 4 is 39.1 Å².